The normalized spacial score (nSPS) is 13.2. The Labute approximate surface area is 309 Å². The van der Waals surface area contributed by atoms with Gasteiger partial charge in [-0.25, -0.2) is 0 Å². The van der Waals surface area contributed by atoms with Crippen molar-refractivity contribution < 1.29 is 0 Å². The lowest BCUT2D eigenvalue weighted by Gasteiger charge is -2.22. The molecule has 11 rings (SSSR count). The van der Waals surface area contributed by atoms with Crippen molar-refractivity contribution in [2.45, 2.75) is 19.3 Å². The molecule has 10 aromatic carbocycles. The van der Waals surface area contributed by atoms with Gasteiger partial charge in [0.05, 0.1) is 0 Å². The lowest BCUT2D eigenvalue weighted by atomic mass is 9.81. The van der Waals surface area contributed by atoms with Crippen LogP contribution in [0.4, 0.5) is 0 Å². The lowest BCUT2D eigenvalue weighted by Crippen LogP contribution is -2.14. The van der Waals surface area contributed by atoms with E-state index in [1.807, 2.05) is 0 Å². The van der Waals surface area contributed by atoms with Gasteiger partial charge in [-0.2, -0.15) is 0 Å². The van der Waals surface area contributed by atoms with Gasteiger partial charge in [-0.1, -0.05) is 190 Å². The Hall–Kier alpha value is -6.50. The van der Waals surface area contributed by atoms with E-state index in [1.165, 1.54) is 109 Å². The van der Waals surface area contributed by atoms with E-state index < -0.39 is 0 Å². The molecule has 0 N–H and O–H groups in total. The van der Waals surface area contributed by atoms with Gasteiger partial charge in [0.25, 0.3) is 0 Å². The second-order valence-electron chi connectivity index (χ2n) is 15.2. The Morgan fingerprint density at radius 1 is 0.283 bits per heavy atom. The van der Waals surface area contributed by atoms with Crippen LogP contribution in [-0.4, -0.2) is 0 Å². The molecule has 0 heteroatoms. The summed E-state index contributed by atoms with van der Waals surface area (Å²) in [6.07, 6.45) is 0. The van der Waals surface area contributed by atoms with E-state index in [4.69, 9.17) is 0 Å². The predicted molar refractivity (Wildman–Crippen MR) is 228 cm³/mol. The largest absolute Gasteiger partial charge is 0.0616 e. The van der Waals surface area contributed by atoms with E-state index >= 15 is 0 Å². The zero-order valence-corrected chi connectivity index (χ0v) is 29.8. The van der Waals surface area contributed by atoms with Gasteiger partial charge in [0.15, 0.2) is 0 Å². The number of rotatable bonds is 3. The average Bonchev–Trinajstić information content (AvgIpc) is 3.46. The summed E-state index contributed by atoms with van der Waals surface area (Å²) in [5.41, 5.74) is 13.1. The summed E-state index contributed by atoms with van der Waals surface area (Å²) >= 11 is 0. The summed E-state index contributed by atoms with van der Waals surface area (Å²) < 4.78 is 0. The summed E-state index contributed by atoms with van der Waals surface area (Å²) in [4.78, 5) is 0. The molecule has 0 nitrogen and oxygen atoms in total. The highest BCUT2D eigenvalue weighted by atomic mass is 14.4. The van der Waals surface area contributed by atoms with Gasteiger partial charge in [-0.15, -0.1) is 0 Å². The van der Waals surface area contributed by atoms with Crippen molar-refractivity contribution in [2.24, 2.45) is 0 Å². The SMILES string of the molecule is CC1(C)c2cccc(-c3ccc(-c4c5ccccc5c(-c5cc6ccccc6c6ccccc56)c5ccccc45)cc3)c2-c2c1ccc1ccccc21. The first kappa shape index (κ1) is 30.2. The van der Waals surface area contributed by atoms with Crippen LogP contribution in [0.15, 0.2) is 182 Å². The molecule has 0 aromatic heterocycles. The maximum atomic E-state index is 2.40. The van der Waals surface area contributed by atoms with Crippen molar-refractivity contribution in [3.63, 3.8) is 0 Å². The van der Waals surface area contributed by atoms with Gasteiger partial charge < -0.3 is 0 Å². The fourth-order valence-corrected chi connectivity index (χ4v) is 9.60. The molecule has 0 atom stereocenters. The van der Waals surface area contributed by atoms with E-state index in [0.29, 0.717) is 0 Å². The van der Waals surface area contributed by atoms with Crippen LogP contribution in [0.3, 0.4) is 0 Å². The molecule has 0 amide bonds. The molecule has 248 valence electrons. The van der Waals surface area contributed by atoms with Gasteiger partial charge in [0, 0.05) is 5.41 Å². The Kier molecular flexibility index (Phi) is 6.40. The van der Waals surface area contributed by atoms with Gasteiger partial charge in [-0.05, 0) is 116 Å². The minimum absolute atomic E-state index is 0.0689. The van der Waals surface area contributed by atoms with Gasteiger partial charge >= 0.3 is 0 Å². The molecule has 0 fully saturated rings. The molecule has 10 aromatic rings. The smallest absolute Gasteiger partial charge is 0.0159 e. The van der Waals surface area contributed by atoms with Crippen LogP contribution in [0.25, 0.3) is 98.4 Å². The topological polar surface area (TPSA) is 0 Å². The summed E-state index contributed by atoms with van der Waals surface area (Å²) in [5, 5.41) is 12.8. The number of fused-ring (bicyclic) bond motifs is 10. The predicted octanol–water partition coefficient (Wildman–Crippen LogP) is 14.8. The second kappa shape index (κ2) is 11.2. The maximum Gasteiger partial charge on any atom is 0.0159 e. The van der Waals surface area contributed by atoms with Crippen LogP contribution in [0.1, 0.15) is 25.0 Å². The Bertz CT molecular complexity index is 3060. The summed E-state index contributed by atoms with van der Waals surface area (Å²) in [6.45, 7) is 4.75. The van der Waals surface area contributed by atoms with Gasteiger partial charge in [-0.3, -0.25) is 0 Å². The molecule has 1 aliphatic rings. The summed E-state index contributed by atoms with van der Waals surface area (Å²) in [6, 6.07) is 67.8. The fourth-order valence-electron chi connectivity index (χ4n) is 9.60. The molecule has 0 aliphatic heterocycles. The average molecular weight is 673 g/mol. The second-order valence-corrected chi connectivity index (χ2v) is 15.2. The fraction of sp³-hybridized carbons (Fsp3) is 0.0566. The molecule has 0 unspecified atom stereocenters. The first-order chi connectivity index (χ1) is 26.1. The Morgan fingerprint density at radius 3 is 1.47 bits per heavy atom. The zero-order valence-electron chi connectivity index (χ0n) is 29.8. The molecule has 0 heterocycles. The van der Waals surface area contributed by atoms with Crippen molar-refractivity contribution in [2.75, 3.05) is 0 Å². The molecular weight excluding hydrogens is 637 g/mol. The van der Waals surface area contributed by atoms with Crippen molar-refractivity contribution in [3.8, 4) is 44.5 Å². The molecule has 0 saturated carbocycles. The third-order valence-electron chi connectivity index (χ3n) is 12.0. The van der Waals surface area contributed by atoms with Crippen LogP contribution in [0.2, 0.25) is 0 Å². The van der Waals surface area contributed by atoms with E-state index in [9.17, 15) is 0 Å². The Balaban J connectivity index is 1.13. The lowest BCUT2D eigenvalue weighted by molar-refractivity contribution is 0.661. The highest BCUT2D eigenvalue weighted by molar-refractivity contribution is 6.25. The molecule has 0 saturated heterocycles. The van der Waals surface area contributed by atoms with Crippen LogP contribution in [0, 0.1) is 0 Å². The minimum atomic E-state index is -0.0689. The molecule has 53 heavy (non-hydrogen) atoms. The number of benzene rings is 10. The number of hydrogen-bond acceptors (Lipinski definition) is 0. The van der Waals surface area contributed by atoms with Crippen molar-refractivity contribution in [3.05, 3.63) is 193 Å². The highest BCUT2D eigenvalue weighted by Crippen LogP contribution is 2.54. The molecule has 1 aliphatic carbocycles. The third kappa shape index (κ3) is 4.30. The van der Waals surface area contributed by atoms with E-state index in [0.717, 1.165) is 0 Å². The van der Waals surface area contributed by atoms with Gasteiger partial charge in [0.1, 0.15) is 0 Å². The highest BCUT2D eigenvalue weighted by Gasteiger charge is 2.37. The van der Waals surface area contributed by atoms with Crippen LogP contribution < -0.4 is 0 Å². The standard InChI is InChI=1S/C53H36/c1-53(2)47-25-13-24-39(51(47)52-38-17-6-3-14-33(38)30-31-48(52)53)34-26-28-35(29-27-34)49-42-20-9-11-22-44(42)50(45-23-12-10-21-43(45)49)46-32-36-15-4-5-16-37(36)40-18-7-8-19-41(40)46/h3-32H,1-2H3. The molecule has 0 radical (unpaired) electrons. The maximum absolute atomic E-state index is 2.40. The molecule has 0 bridgehead atoms. The molecular formula is C53H36. The van der Waals surface area contributed by atoms with Crippen LogP contribution in [-0.2, 0) is 5.41 Å². The van der Waals surface area contributed by atoms with Gasteiger partial charge in [0.2, 0.25) is 0 Å². The zero-order chi connectivity index (χ0) is 35.3. The van der Waals surface area contributed by atoms with Crippen LogP contribution >= 0.6 is 0 Å². The Morgan fingerprint density at radius 2 is 0.792 bits per heavy atom. The summed E-state index contributed by atoms with van der Waals surface area (Å²) in [7, 11) is 0. The first-order valence-electron chi connectivity index (χ1n) is 18.7. The quantitative estimate of drug-likeness (QED) is 0.129. The monoisotopic (exact) mass is 672 g/mol. The van der Waals surface area contributed by atoms with Crippen molar-refractivity contribution in [1.29, 1.82) is 0 Å². The molecule has 0 spiro atoms. The van der Waals surface area contributed by atoms with Crippen LogP contribution in [0.5, 0.6) is 0 Å². The first-order valence-corrected chi connectivity index (χ1v) is 18.7. The van der Waals surface area contributed by atoms with E-state index in [1.54, 1.807) is 0 Å². The van der Waals surface area contributed by atoms with E-state index in [-0.39, 0.29) is 5.41 Å². The van der Waals surface area contributed by atoms with Crippen molar-refractivity contribution in [1.82, 2.24) is 0 Å². The third-order valence-corrected chi connectivity index (χ3v) is 12.0. The van der Waals surface area contributed by atoms with Crippen molar-refractivity contribution >= 4 is 53.9 Å². The minimum Gasteiger partial charge on any atom is -0.0616 e. The van der Waals surface area contributed by atoms with E-state index in [2.05, 4.69) is 196 Å². The number of hydrogen-bond donors (Lipinski definition) is 0. The summed E-state index contributed by atoms with van der Waals surface area (Å²) in [5.74, 6) is 0.